The summed E-state index contributed by atoms with van der Waals surface area (Å²) in [6, 6.07) is -0.145. The lowest BCUT2D eigenvalue weighted by Crippen LogP contribution is -2.51. The third kappa shape index (κ3) is 3.60. The summed E-state index contributed by atoms with van der Waals surface area (Å²) in [5.74, 6) is -0.330. The van der Waals surface area contributed by atoms with Gasteiger partial charge in [-0.3, -0.25) is 14.6 Å². The number of anilines is 1. The Morgan fingerprint density at radius 2 is 2.22 bits per heavy atom. The Kier molecular flexibility index (Phi) is 5.31. The summed E-state index contributed by atoms with van der Waals surface area (Å²) in [5.41, 5.74) is 4.76. The molecule has 1 saturated carbocycles. The zero-order valence-corrected chi connectivity index (χ0v) is 15.6. The molecule has 0 saturated heterocycles. The fourth-order valence-electron chi connectivity index (χ4n) is 3.74. The second-order valence-corrected chi connectivity index (χ2v) is 7.60. The number of nitrogens with one attached hydrogen (secondary N) is 1. The number of ketones is 1. The third-order valence-electron chi connectivity index (χ3n) is 5.31. The summed E-state index contributed by atoms with van der Waals surface area (Å²) >= 11 is 0. The molecule has 2 aromatic heterocycles. The van der Waals surface area contributed by atoms with E-state index in [2.05, 4.69) is 15.0 Å². The van der Waals surface area contributed by atoms with Gasteiger partial charge in [-0.25, -0.2) is 4.98 Å². The molecule has 0 spiro atoms. The molecule has 1 unspecified atom stereocenters. The molecule has 0 radical (unpaired) electrons. The number of fused-ring (bicyclic) bond motifs is 1. The molecule has 148 valence electrons. The first kappa shape index (κ1) is 19.5. The number of carbonyl (C=O) groups excluding carboxylic acids is 1. The van der Waals surface area contributed by atoms with E-state index in [1.165, 1.54) is 6.33 Å². The molecule has 2 aromatic rings. The van der Waals surface area contributed by atoms with Gasteiger partial charge in [0.2, 0.25) is 5.95 Å². The van der Waals surface area contributed by atoms with Crippen LogP contribution in [0.5, 0.6) is 0 Å². The van der Waals surface area contributed by atoms with Crippen molar-refractivity contribution in [3.05, 3.63) is 16.7 Å². The van der Waals surface area contributed by atoms with E-state index >= 15 is 0 Å². The molecule has 2 heterocycles. The van der Waals surface area contributed by atoms with E-state index in [0.29, 0.717) is 31.3 Å². The highest BCUT2D eigenvalue weighted by Crippen LogP contribution is 2.50. The van der Waals surface area contributed by atoms with Gasteiger partial charge < -0.3 is 25.4 Å². The molecule has 1 atom stereocenters. The second kappa shape index (κ2) is 7.37. The second-order valence-electron chi connectivity index (χ2n) is 7.60. The topological polar surface area (TPSA) is 150 Å². The highest BCUT2D eigenvalue weighted by atomic mass is 16.3. The Balaban J connectivity index is 1.72. The number of rotatable bonds is 8. The van der Waals surface area contributed by atoms with E-state index in [1.807, 2.05) is 19.0 Å². The Morgan fingerprint density at radius 1 is 1.52 bits per heavy atom. The van der Waals surface area contributed by atoms with Gasteiger partial charge in [0.1, 0.15) is 6.10 Å². The number of aliphatic hydroxyl groups excluding tert-OH is 2. The predicted octanol–water partition coefficient (Wildman–Crippen LogP) is -0.713. The van der Waals surface area contributed by atoms with Crippen molar-refractivity contribution >= 4 is 22.9 Å². The number of hydrogen-bond donors (Lipinski definition) is 4. The number of hydrogen-bond acceptors (Lipinski definition) is 8. The van der Waals surface area contributed by atoms with Crippen LogP contribution < -0.4 is 11.3 Å². The summed E-state index contributed by atoms with van der Waals surface area (Å²) < 4.78 is 1.71. The molecule has 0 bridgehead atoms. The van der Waals surface area contributed by atoms with Gasteiger partial charge in [-0.05, 0) is 46.3 Å². The number of nitrogen functional groups attached to an aromatic ring is 1. The number of nitrogens with zero attached hydrogens (tertiary/aromatic N) is 4. The molecule has 3 rings (SSSR count). The molecule has 10 heteroatoms. The normalized spacial score (nSPS) is 23.5. The molecule has 1 aliphatic rings. The van der Waals surface area contributed by atoms with Gasteiger partial charge in [-0.1, -0.05) is 0 Å². The van der Waals surface area contributed by atoms with Crippen molar-refractivity contribution in [2.24, 2.45) is 5.41 Å². The quantitative estimate of drug-likeness (QED) is 0.470. The Bertz CT molecular complexity index is 883. The average Bonchev–Trinajstić information content (AvgIpc) is 2.97. The van der Waals surface area contributed by atoms with Crippen LogP contribution in [0.25, 0.3) is 11.2 Å². The largest absolute Gasteiger partial charge is 0.395 e. The summed E-state index contributed by atoms with van der Waals surface area (Å²) in [7, 11) is 3.86. The van der Waals surface area contributed by atoms with E-state index in [4.69, 9.17) is 5.73 Å². The minimum Gasteiger partial charge on any atom is -0.395 e. The van der Waals surface area contributed by atoms with Crippen molar-refractivity contribution < 1.29 is 15.0 Å². The maximum atomic E-state index is 12.7. The van der Waals surface area contributed by atoms with Crippen molar-refractivity contribution in [3.8, 4) is 0 Å². The number of imidazole rings is 1. The number of nitrogens with two attached hydrogens (primary N) is 1. The molecule has 10 nitrogen and oxygen atoms in total. The molecule has 0 aliphatic heterocycles. The lowest BCUT2D eigenvalue weighted by Gasteiger charge is -2.46. The molecular formula is C17H26N6O4. The van der Waals surface area contributed by atoms with E-state index in [0.717, 1.165) is 6.54 Å². The van der Waals surface area contributed by atoms with Crippen molar-refractivity contribution in [3.63, 3.8) is 0 Å². The number of carbonyl (C=O) groups is 1. The fraction of sp³-hybridized carbons (Fsp3) is 0.647. The molecular weight excluding hydrogens is 352 g/mol. The van der Waals surface area contributed by atoms with Gasteiger partial charge in [-0.2, -0.15) is 4.98 Å². The van der Waals surface area contributed by atoms with Gasteiger partial charge in [-0.15, -0.1) is 0 Å². The monoisotopic (exact) mass is 378 g/mol. The maximum Gasteiger partial charge on any atom is 0.280 e. The Hall–Kier alpha value is -2.30. The van der Waals surface area contributed by atoms with Crippen LogP contribution >= 0.6 is 0 Å². The molecule has 0 aromatic carbocycles. The van der Waals surface area contributed by atoms with E-state index < -0.39 is 17.1 Å². The smallest absolute Gasteiger partial charge is 0.280 e. The highest BCUT2D eigenvalue weighted by Gasteiger charge is 2.52. The van der Waals surface area contributed by atoms with Gasteiger partial charge in [0, 0.05) is 6.04 Å². The first-order valence-corrected chi connectivity index (χ1v) is 8.98. The van der Waals surface area contributed by atoms with Crippen LogP contribution in [0.2, 0.25) is 0 Å². The van der Waals surface area contributed by atoms with Crippen LogP contribution in [-0.4, -0.2) is 73.8 Å². The molecule has 27 heavy (non-hydrogen) atoms. The number of aliphatic hydroxyl groups is 2. The SMILES string of the molecule is CN(C)CCCC(O)C(=O)C1(CO)CC(n2cnc3c(=O)[nH]c(N)nc32)C1. The first-order valence-electron chi connectivity index (χ1n) is 8.98. The average molecular weight is 378 g/mol. The van der Waals surface area contributed by atoms with Gasteiger partial charge in [0.05, 0.1) is 18.3 Å². The van der Waals surface area contributed by atoms with Gasteiger partial charge in [0.15, 0.2) is 16.9 Å². The lowest BCUT2D eigenvalue weighted by molar-refractivity contribution is -0.149. The van der Waals surface area contributed by atoms with Crippen LogP contribution in [0.1, 0.15) is 31.7 Å². The molecule has 1 fully saturated rings. The van der Waals surface area contributed by atoms with Crippen LogP contribution in [0.3, 0.4) is 0 Å². The van der Waals surface area contributed by atoms with E-state index in [1.54, 1.807) is 4.57 Å². The minimum absolute atomic E-state index is 0.00520. The third-order valence-corrected chi connectivity index (χ3v) is 5.31. The van der Waals surface area contributed by atoms with E-state index in [-0.39, 0.29) is 29.9 Å². The molecule has 0 amide bonds. The van der Waals surface area contributed by atoms with Crippen molar-refractivity contribution in [2.75, 3.05) is 33.0 Å². The van der Waals surface area contributed by atoms with E-state index in [9.17, 15) is 19.8 Å². The number of Topliss-reactive ketones (excluding diaryl/α,β-unsaturated/α-hetero) is 1. The summed E-state index contributed by atoms with van der Waals surface area (Å²) in [4.78, 5) is 37.2. The number of aromatic amines is 1. The predicted molar refractivity (Wildman–Crippen MR) is 99.2 cm³/mol. The number of aromatic nitrogens is 4. The van der Waals surface area contributed by atoms with Crippen molar-refractivity contribution in [1.82, 2.24) is 24.4 Å². The van der Waals surface area contributed by atoms with Crippen molar-refractivity contribution in [1.29, 1.82) is 0 Å². The zero-order valence-electron chi connectivity index (χ0n) is 15.6. The maximum absolute atomic E-state index is 12.7. The fourth-order valence-corrected chi connectivity index (χ4v) is 3.74. The van der Waals surface area contributed by atoms with Crippen LogP contribution in [0.4, 0.5) is 5.95 Å². The highest BCUT2D eigenvalue weighted by molar-refractivity contribution is 5.90. The molecule has 1 aliphatic carbocycles. The van der Waals surface area contributed by atoms with Crippen molar-refractivity contribution in [2.45, 2.75) is 37.8 Å². The first-order chi connectivity index (χ1) is 12.8. The number of H-pyrrole nitrogens is 1. The minimum atomic E-state index is -1.09. The Morgan fingerprint density at radius 3 is 2.85 bits per heavy atom. The van der Waals surface area contributed by atoms with Crippen LogP contribution in [-0.2, 0) is 4.79 Å². The summed E-state index contributed by atoms with van der Waals surface area (Å²) in [6.07, 6.45) is 2.18. The Labute approximate surface area is 156 Å². The molecule has 5 N–H and O–H groups in total. The lowest BCUT2D eigenvalue weighted by atomic mass is 9.62. The summed E-state index contributed by atoms with van der Waals surface area (Å²) in [6.45, 7) is 0.456. The van der Waals surface area contributed by atoms with Crippen LogP contribution in [0.15, 0.2) is 11.1 Å². The zero-order chi connectivity index (χ0) is 19.8. The summed E-state index contributed by atoms with van der Waals surface area (Å²) in [5, 5.41) is 20.1. The standard InChI is InChI=1S/C17H26N6O4/c1-22(2)5-3-4-11(25)13(26)17(8-24)6-10(7-17)23-9-19-12-14(23)20-16(18)21-15(12)27/h9-11,24-25H,3-8H2,1-2H3,(H3,18,20,21,27). The van der Waals surface area contributed by atoms with Gasteiger partial charge >= 0.3 is 0 Å². The van der Waals surface area contributed by atoms with Gasteiger partial charge in [0.25, 0.3) is 5.56 Å². The van der Waals surface area contributed by atoms with Crippen LogP contribution in [0, 0.1) is 5.41 Å².